The topological polar surface area (TPSA) is 52.6 Å². The van der Waals surface area contributed by atoms with Crippen molar-refractivity contribution < 1.29 is 9.90 Å². The van der Waals surface area contributed by atoms with Crippen LogP contribution in [-0.2, 0) is 0 Å². The summed E-state index contributed by atoms with van der Waals surface area (Å²) in [5.74, 6) is -0.110. The van der Waals surface area contributed by atoms with Crippen molar-refractivity contribution in [1.29, 1.82) is 0 Å². The van der Waals surface area contributed by atoms with Gasteiger partial charge in [-0.3, -0.25) is 4.79 Å². The lowest BCUT2D eigenvalue weighted by Crippen LogP contribution is -2.40. The van der Waals surface area contributed by atoms with E-state index in [0.29, 0.717) is 12.1 Å². The Kier molecular flexibility index (Phi) is 5.23. The SMILES string of the molecule is CCN(CC)c1ccc(C(=O)NCC2(O)CCCC2)cc1. The highest BCUT2D eigenvalue weighted by Gasteiger charge is 2.31. The van der Waals surface area contributed by atoms with E-state index < -0.39 is 5.60 Å². The van der Waals surface area contributed by atoms with Gasteiger partial charge < -0.3 is 15.3 Å². The van der Waals surface area contributed by atoms with Crippen molar-refractivity contribution >= 4 is 11.6 Å². The number of amides is 1. The van der Waals surface area contributed by atoms with E-state index in [1.807, 2.05) is 24.3 Å². The van der Waals surface area contributed by atoms with Crippen LogP contribution >= 0.6 is 0 Å². The third-order valence-electron chi connectivity index (χ3n) is 4.37. The lowest BCUT2D eigenvalue weighted by Gasteiger charge is -2.23. The molecule has 1 saturated carbocycles. The molecule has 21 heavy (non-hydrogen) atoms. The smallest absolute Gasteiger partial charge is 0.251 e. The Bertz CT molecular complexity index is 460. The number of aliphatic hydroxyl groups is 1. The predicted octanol–water partition coefficient (Wildman–Crippen LogP) is 2.57. The molecule has 1 aliphatic rings. The van der Waals surface area contributed by atoms with Crippen LogP contribution in [0, 0.1) is 0 Å². The maximum Gasteiger partial charge on any atom is 0.251 e. The Morgan fingerprint density at radius 1 is 1.19 bits per heavy atom. The van der Waals surface area contributed by atoms with E-state index in [2.05, 4.69) is 24.1 Å². The first-order valence-electron chi connectivity index (χ1n) is 7.93. The summed E-state index contributed by atoms with van der Waals surface area (Å²) in [5, 5.41) is 13.1. The van der Waals surface area contributed by atoms with E-state index >= 15 is 0 Å². The molecule has 0 bridgehead atoms. The Morgan fingerprint density at radius 2 is 1.76 bits per heavy atom. The number of benzene rings is 1. The molecule has 1 aliphatic carbocycles. The molecule has 0 aromatic heterocycles. The van der Waals surface area contributed by atoms with Crippen LogP contribution < -0.4 is 10.2 Å². The van der Waals surface area contributed by atoms with Crippen LogP contribution in [0.25, 0.3) is 0 Å². The summed E-state index contributed by atoms with van der Waals surface area (Å²) in [6.45, 7) is 6.49. The van der Waals surface area contributed by atoms with Crippen LogP contribution in [0.3, 0.4) is 0 Å². The summed E-state index contributed by atoms with van der Waals surface area (Å²) in [7, 11) is 0. The van der Waals surface area contributed by atoms with Crippen molar-refractivity contribution in [3.63, 3.8) is 0 Å². The van der Waals surface area contributed by atoms with Crippen molar-refractivity contribution in [3.05, 3.63) is 29.8 Å². The fraction of sp³-hybridized carbons (Fsp3) is 0.588. The lowest BCUT2D eigenvalue weighted by atomic mass is 10.0. The molecule has 1 aromatic carbocycles. The highest BCUT2D eigenvalue weighted by Crippen LogP contribution is 2.28. The first kappa shape index (κ1) is 15.8. The van der Waals surface area contributed by atoms with E-state index in [1.165, 1.54) is 0 Å². The maximum absolute atomic E-state index is 12.1. The van der Waals surface area contributed by atoms with Gasteiger partial charge in [-0.15, -0.1) is 0 Å². The van der Waals surface area contributed by atoms with Crippen LogP contribution in [0.2, 0.25) is 0 Å². The van der Waals surface area contributed by atoms with Crippen molar-refractivity contribution in [1.82, 2.24) is 5.32 Å². The fourth-order valence-corrected chi connectivity index (χ4v) is 2.97. The van der Waals surface area contributed by atoms with Crippen molar-refractivity contribution in [3.8, 4) is 0 Å². The molecule has 0 spiro atoms. The second-order valence-corrected chi connectivity index (χ2v) is 5.83. The average molecular weight is 290 g/mol. The molecule has 2 N–H and O–H groups in total. The number of carbonyl (C=O) groups is 1. The van der Waals surface area contributed by atoms with Crippen LogP contribution in [0.5, 0.6) is 0 Å². The van der Waals surface area contributed by atoms with Gasteiger partial charge in [-0.05, 0) is 51.0 Å². The summed E-state index contributed by atoms with van der Waals surface area (Å²) in [4.78, 5) is 14.4. The molecule has 0 heterocycles. The van der Waals surface area contributed by atoms with Crippen LogP contribution in [0.4, 0.5) is 5.69 Å². The molecule has 1 fully saturated rings. The van der Waals surface area contributed by atoms with Gasteiger partial charge in [-0.2, -0.15) is 0 Å². The molecule has 0 saturated heterocycles. The lowest BCUT2D eigenvalue weighted by molar-refractivity contribution is 0.0449. The van der Waals surface area contributed by atoms with Gasteiger partial charge in [0.25, 0.3) is 5.91 Å². The van der Waals surface area contributed by atoms with Crippen molar-refractivity contribution in [2.75, 3.05) is 24.5 Å². The van der Waals surface area contributed by atoms with Gasteiger partial charge in [0.1, 0.15) is 0 Å². The first-order chi connectivity index (χ1) is 10.1. The second-order valence-electron chi connectivity index (χ2n) is 5.83. The number of hydrogen-bond acceptors (Lipinski definition) is 3. The van der Waals surface area contributed by atoms with Crippen LogP contribution in [0.1, 0.15) is 49.9 Å². The largest absolute Gasteiger partial charge is 0.388 e. The van der Waals surface area contributed by atoms with Gasteiger partial charge in [0.2, 0.25) is 0 Å². The van der Waals surface area contributed by atoms with Gasteiger partial charge in [-0.1, -0.05) is 12.8 Å². The normalized spacial score (nSPS) is 16.7. The Labute approximate surface area is 127 Å². The van der Waals surface area contributed by atoms with E-state index in [4.69, 9.17) is 0 Å². The molecular formula is C17H26N2O2. The number of anilines is 1. The van der Waals surface area contributed by atoms with E-state index in [0.717, 1.165) is 44.5 Å². The minimum Gasteiger partial charge on any atom is -0.388 e. The van der Waals surface area contributed by atoms with E-state index in [-0.39, 0.29) is 5.91 Å². The zero-order valence-corrected chi connectivity index (χ0v) is 13.1. The Balaban J connectivity index is 1.93. The third kappa shape index (κ3) is 3.97. The summed E-state index contributed by atoms with van der Waals surface area (Å²) in [6, 6.07) is 7.65. The van der Waals surface area contributed by atoms with Gasteiger partial charge in [-0.25, -0.2) is 0 Å². The van der Waals surface area contributed by atoms with Gasteiger partial charge in [0, 0.05) is 30.9 Å². The quantitative estimate of drug-likeness (QED) is 0.846. The summed E-state index contributed by atoms with van der Waals surface area (Å²) in [5.41, 5.74) is 1.08. The number of carbonyl (C=O) groups excluding carboxylic acids is 1. The predicted molar refractivity (Wildman–Crippen MR) is 85.8 cm³/mol. The molecule has 4 nitrogen and oxygen atoms in total. The number of nitrogens with zero attached hydrogens (tertiary/aromatic N) is 1. The molecule has 0 unspecified atom stereocenters. The number of nitrogens with one attached hydrogen (secondary N) is 1. The first-order valence-corrected chi connectivity index (χ1v) is 7.93. The second kappa shape index (κ2) is 6.94. The summed E-state index contributed by atoms with van der Waals surface area (Å²) in [6.07, 6.45) is 3.66. The van der Waals surface area contributed by atoms with E-state index in [1.54, 1.807) is 0 Å². The number of hydrogen-bond donors (Lipinski definition) is 2. The molecule has 0 atom stereocenters. The molecular weight excluding hydrogens is 264 g/mol. The summed E-state index contributed by atoms with van der Waals surface area (Å²) < 4.78 is 0. The molecule has 1 amide bonds. The zero-order chi connectivity index (χ0) is 15.3. The molecule has 0 aliphatic heterocycles. The molecule has 2 rings (SSSR count). The van der Waals surface area contributed by atoms with Crippen LogP contribution in [0.15, 0.2) is 24.3 Å². The third-order valence-corrected chi connectivity index (χ3v) is 4.37. The van der Waals surface area contributed by atoms with Crippen molar-refractivity contribution in [2.24, 2.45) is 0 Å². The maximum atomic E-state index is 12.1. The Morgan fingerprint density at radius 3 is 2.29 bits per heavy atom. The van der Waals surface area contributed by atoms with Crippen molar-refractivity contribution in [2.45, 2.75) is 45.1 Å². The average Bonchev–Trinajstić information content (AvgIpc) is 2.94. The fourth-order valence-electron chi connectivity index (χ4n) is 2.97. The van der Waals surface area contributed by atoms with Gasteiger partial charge in [0.05, 0.1) is 5.60 Å². The highest BCUT2D eigenvalue weighted by atomic mass is 16.3. The standard InChI is InChI=1S/C17H26N2O2/c1-3-19(4-2)15-9-7-14(8-10-15)16(20)18-13-17(21)11-5-6-12-17/h7-10,21H,3-6,11-13H2,1-2H3,(H,18,20). The molecule has 4 heteroatoms. The van der Waals surface area contributed by atoms with Crippen LogP contribution in [-0.4, -0.2) is 36.2 Å². The van der Waals surface area contributed by atoms with Gasteiger partial charge in [0.15, 0.2) is 0 Å². The number of rotatable bonds is 6. The highest BCUT2D eigenvalue weighted by molar-refractivity contribution is 5.94. The molecule has 1 aromatic rings. The summed E-state index contributed by atoms with van der Waals surface area (Å²) >= 11 is 0. The monoisotopic (exact) mass is 290 g/mol. The molecule has 0 radical (unpaired) electrons. The Hall–Kier alpha value is -1.55. The minimum absolute atomic E-state index is 0.110. The molecule has 116 valence electrons. The minimum atomic E-state index is -0.698. The van der Waals surface area contributed by atoms with Gasteiger partial charge >= 0.3 is 0 Å². The zero-order valence-electron chi connectivity index (χ0n) is 13.1. The van der Waals surface area contributed by atoms with E-state index in [9.17, 15) is 9.90 Å².